The molecule has 0 aliphatic carbocycles. The summed E-state index contributed by atoms with van der Waals surface area (Å²) >= 11 is 0. The van der Waals surface area contributed by atoms with Gasteiger partial charge >= 0.3 is 0 Å². The van der Waals surface area contributed by atoms with E-state index in [1.165, 1.54) is 5.69 Å². The van der Waals surface area contributed by atoms with Gasteiger partial charge in [-0.25, -0.2) is 9.97 Å². The molecule has 5 rings (SSSR count). The van der Waals surface area contributed by atoms with Gasteiger partial charge in [0.2, 0.25) is 5.91 Å². The summed E-state index contributed by atoms with van der Waals surface area (Å²) < 4.78 is 11.3. The molecule has 0 radical (unpaired) electrons. The zero-order valence-electron chi connectivity index (χ0n) is 19.4. The topological polar surface area (TPSA) is 116 Å². The third-order valence-corrected chi connectivity index (χ3v) is 6.21. The van der Waals surface area contributed by atoms with E-state index in [4.69, 9.17) is 19.7 Å². The molecule has 2 aliphatic heterocycles. The van der Waals surface area contributed by atoms with E-state index in [2.05, 4.69) is 44.5 Å². The number of nitrogens with zero attached hydrogens (tertiary/aromatic N) is 6. The zero-order valence-corrected chi connectivity index (χ0v) is 19.4. The number of benzene rings is 1. The van der Waals surface area contributed by atoms with Crippen molar-refractivity contribution < 1.29 is 14.3 Å². The number of nitriles is 1. The van der Waals surface area contributed by atoms with Crippen LogP contribution in [0.15, 0.2) is 42.7 Å². The predicted octanol–water partition coefficient (Wildman–Crippen LogP) is 2.08. The third-order valence-electron chi connectivity index (χ3n) is 6.21. The van der Waals surface area contributed by atoms with Gasteiger partial charge in [-0.05, 0) is 18.2 Å². The van der Waals surface area contributed by atoms with Crippen LogP contribution in [-0.4, -0.2) is 84.4 Å². The molecule has 10 heteroatoms. The molecule has 3 aromatic rings. The Labute approximate surface area is 203 Å². The van der Waals surface area contributed by atoms with Crippen LogP contribution in [-0.2, 0) is 14.3 Å². The molecular formula is C25H27N7O3. The van der Waals surface area contributed by atoms with Crippen LogP contribution in [0.3, 0.4) is 0 Å². The molecule has 1 amide bonds. The molecule has 2 aliphatic rings. The van der Waals surface area contributed by atoms with Crippen molar-refractivity contribution in [2.24, 2.45) is 0 Å². The predicted molar refractivity (Wildman–Crippen MR) is 131 cm³/mol. The summed E-state index contributed by atoms with van der Waals surface area (Å²) in [6.07, 6.45) is 2.98. The number of fused-ring (bicyclic) bond motifs is 1. The van der Waals surface area contributed by atoms with E-state index in [-0.39, 0.29) is 18.4 Å². The van der Waals surface area contributed by atoms with Crippen LogP contribution in [0.1, 0.15) is 6.42 Å². The molecule has 2 aromatic heterocycles. The van der Waals surface area contributed by atoms with Gasteiger partial charge in [-0.15, -0.1) is 0 Å². The van der Waals surface area contributed by atoms with Gasteiger partial charge in [0.1, 0.15) is 11.9 Å². The van der Waals surface area contributed by atoms with Gasteiger partial charge in [0.15, 0.2) is 5.82 Å². The number of hydrogen-bond donors (Lipinski definition) is 1. The Balaban J connectivity index is 1.34. The van der Waals surface area contributed by atoms with Crippen molar-refractivity contribution in [3.8, 4) is 17.3 Å². The fourth-order valence-electron chi connectivity index (χ4n) is 4.37. The van der Waals surface area contributed by atoms with Gasteiger partial charge in [0.25, 0.3) is 0 Å². The summed E-state index contributed by atoms with van der Waals surface area (Å²) in [5, 5.41) is 12.2. The van der Waals surface area contributed by atoms with Crippen LogP contribution < -0.4 is 10.2 Å². The monoisotopic (exact) mass is 473 g/mol. The van der Waals surface area contributed by atoms with E-state index in [0.29, 0.717) is 37.6 Å². The van der Waals surface area contributed by atoms with E-state index in [1.807, 2.05) is 12.1 Å². The molecule has 1 aromatic carbocycles. The number of carbonyl (C=O) groups excluding carboxylic acids is 1. The minimum atomic E-state index is -0.212. The number of anilines is 2. The van der Waals surface area contributed by atoms with Crippen LogP contribution in [0, 0.1) is 11.3 Å². The standard InChI is InChI=1S/C25H27N7O3/c26-6-5-23(33)32-11-14-35-20(17-32)16-29-25-24-22(27-7-8-28-24)15-21(30-25)18-1-3-19(4-2-18)31-9-12-34-13-10-31/h1-4,7-8,15,20H,5,9-14,16-17H2,(H,29,30). The molecule has 2 saturated heterocycles. The Morgan fingerprint density at radius 1 is 1.11 bits per heavy atom. The maximum Gasteiger partial charge on any atom is 0.236 e. The Morgan fingerprint density at radius 3 is 2.71 bits per heavy atom. The normalized spacial score (nSPS) is 18.3. The molecule has 1 atom stereocenters. The first-order valence-electron chi connectivity index (χ1n) is 11.8. The van der Waals surface area contributed by atoms with E-state index < -0.39 is 0 Å². The van der Waals surface area contributed by atoms with Gasteiger partial charge in [-0.1, -0.05) is 12.1 Å². The maximum absolute atomic E-state index is 12.1. The fraction of sp³-hybridized carbons (Fsp3) is 0.400. The second-order valence-corrected chi connectivity index (χ2v) is 8.47. The molecular weight excluding hydrogens is 446 g/mol. The number of ether oxygens (including phenoxy) is 2. The Bertz CT molecular complexity index is 1220. The lowest BCUT2D eigenvalue weighted by Gasteiger charge is -2.32. The first-order valence-corrected chi connectivity index (χ1v) is 11.8. The first kappa shape index (κ1) is 23.0. The molecule has 4 heterocycles. The van der Waals surface area contributed by atoms with Crippen LogP contribution in [0.4, 0.5) is 11.5 Å². The largest absolute Gasteiger partial charge is 0.378 e. The highest BCUT2D eigenvalue weighted by Gasteiger charge is 2.24. The van der Waals surface area contributed by atoms with E-state index >= 15 is 0 Å². The number of morpholine rings is 2. The SMILES string of the molecule is N#CCC(=O)N1CCOC(CNc2nc(-c3ccc(N4CCOCC4)cc3)cc3nccnc23)C1. The van der Waals surface area contributed by atoms with Crippen molar-refractivity contribution in [2.45, 2.75) is 12.5 Å². The smallest absolute Gasteiger partial charge is 0.236 e. The summed E-state index contributed by atoms with van der Waals surface area (Å²) in [7, 11) is 0. The lowest BCUT2D eigenvalue weighted by molar-refractivity contribution is -0.137. The molecule has 1 unspecified atom stereocenters. The van der Waals surface area contributed by atoms with Gasteiger partial charge in [-0.2, -0.15) is 5.26 Å². The minimum Gasteiger partial charge on any atom is -0.378 e. The molecule has 0 saturated carbocycles. The van der Waals surface area contributed by atoms with Crippen LogP contribution in [0.2, 0.25) is 0 Å². The Hall–Kier alpha value is -3.81. The van der Waals surface area contributed by atoms with Gasteiger partial charge in [0.05, 0.1) is 43.2 Å². The molecule has 35 heavy (non-hydrogen) atoms. The minimum absolute atomic E-state index is 0.117. The first-order chi connectivity index (χ1) is 17.2. The number of rotatable bonds is 6. The number of amides is 1. The highest BCUT2D eigenvalue weighted by Crippen LogP contribution is 2.27. The second kappa shape index (κ2) is 10.6. The highest BCUT2D eigenvalue weighted by atomic mass is 16.5. The van der Waals surface area contributed by atoms with E-state index in [0.717, 1.165) is 43.1 Å². The van der Waals surface area contributed by atoms with Crippen molar-refractivity contribution in [1.29, 1.82) is 5.26 Å². The van der Waals surface area contributed by atoms with Gasteiger partial charge < -0.3 is 24.6 Å². The molecule has 0 bridgehead atoms. The molecule has 0 spiro atoms. The summed E-state index contributed by atoms with van der Waals surface area (Å²) in [6, 6.07) is 12.2. The summed E-state index contributed by atoms with van der Waals surface area (Å²) in [5.74, 6) is 0.449. The zero-order chi connectivity index (χ0) is 24.0. The quantitative estimate of drug-likeness (QED) is 0.574. The van der Waals surface area contributed by atoms with Crippen molar-refractivity contribution in [2.75, 3.05) is 62.8 Å². The third kappa shape index (κ3) is 5.31. The molecule has 180 valence electrons. The van der Waals surface area contributed by atoms with Crippen LogP contribution in [0.25, 0.3) is 22.3 Å². The van der Waals surface area contributed by atoms with Crippen molar-refractivity contribution in [3.05, 3.63) is 42.7 Å². The second-order valence-electron chi connectivity index (χ2n) is 8.47. The lowest BCUT2D eigenvalue weighted by Crippen LogP contribution is -2.47. The number of carbonyl (C=O) groups is 1. The van der Waals surface area contributed by atoms with Crippen molar-refractivity contribution >= 4 is 28.4 Å². The molecule has 1 N–H and O–H groups in total. The van der Waals surface area contributed by atoms with Crippen LogP contribution in [0.5, 0.6) is 0 Å². The van der Waals surface area contributed by atoms with E-state index in [9.17, 15) is 4.79 Å². The highest BCUT2D eigenvalue weighted by molar-refractivity contribution is 5.88. The summed E-state index contributed by atoms with van der Waals surface area (Å²) in [4.78, 5) is 29.9. The van der Waals surface area contributed by atoms with Crippen molar-refractivity contribution in [1.82, 2.24) is 19.9 Å². The fourth-order valence-corrected chi connectivity index (χ4v) is 4.37. The van der Waals surface area contributed by atoms with Crippen LogP contribution >= 0.6 is 0 Å². The summed E-state index contributed by atoms with van der Waals surface area (Å²) in [6.45, 7) is 5.09. The number of nitrogens with one attached hydrogen (secondary N) is 1. The number of pyridine rings is 1. The summed E-state index contributed by atoms with van der Waals surface area (Å²) in [5.41, 5.74) is 4.37. The Morgan fingerprint density at radius 2 is 1.91 bits per heavy atom. The van der Waals surface area contributed by atoms with E-state index in [1.54, 1.807) is 17.3 Å². The number of hydrogen-bond acceptors (Lipinski definition) is 9. The molecule has 2 fully saturated rings. The maximum atomic E-state index is 12.1. The molecule has 10 nitrogen and oxygen atoms in total. The number of aromatic nitrogens is 3. The lowest BCUT2D eigenvalue weighted by atomic mass is 10.1. The van der Waals surface area contributed by atoms with Gasteiger partial charge in [-0.3, -0.25) is 9.78 Å². The average molecular weight is 474 g/mol. The van der Waals surface area contributed by atoms with Gasteiger partial charge in [0, 0.05) is 56.4 Å². The van der Waals surface area contributed by atoms with Crippen molar-refractivity contribution in [3.63, 3.8) is 0 Å². The Kier molecular flexibility index (Phi) is 6.97. The average Bonchev–Trinajstić information content (AvgIpc) is 2.92.